The Hall–Kier alpha value is -2.51. The maximum Gasteiger partial charge on any atom is 0.268 e. The summed E-state index contributed by atoms with van der Waals surface area (Å²) in [5, 5.41) is 13.1. The molecule has 7 heteroatoms. The number of hydrogen-bond acceptors (Lipinski definition) is 4. The maximum atomic E-state index is 13.2. The first-order valence-electron chi connectivity index (χ1n) is 9.04. The van der Waals surface area contributed by atoms with Crippen LogP contribution in [0, 0.1) is 24.1 Å². The van der Waals surface area contributed by atoms with Crippen LogP contribution in [-0.4, -0.2) is 53.3 Å². The van der Waals surface area contributed by atoms with Gasteiger partial charge >= 0.3 is 0 Å². The molecule has 0 radical (unpaired) electrons. The summed E-state index contributed by atoms with van der Waals surface area (Å²) in [6.07, 6.45) is 1.60. The fraction of sp³-hybridized carbons (Fsp3) is 0.400. The van der Waals surface area contributed by atoms with Crippen LogP contribution in [-0.2, 0) is 0 Å². The van der Waals surface area contributed by atoms with E-state index in [0.29, 0.717) is 30.9 Å². The minimum absolute atomic E-state index is 0.0159. The Morgan fingerprint density at radius 1 is 1.33 bits per heavy atom. The highest BCUT2D eigenvalue weighted by atomic mass is 19.1. The highest BCUT2D eigenvalue weighted by Gasteiger charge is 2.50. The molecule has 2 atom stereocenters. The van der Waals surface area contributed by atoms with Crippen LogP contribution in [0.5, 0.6) is 0 Å². The van der Waals surface area contributed by atoms with E-state index < -0.39 is 5.56 Å². The second-order valence-electron chi connectivity index (χ2n) is 7.56. The van der Waals surface area contributed by atoms with E-state index in [1.165, 1.54) is 28.8 Å². The van der Waals surface area contributed by atoms with Crippen LogP contribution >= 0.6 is 0 Å². The topological polar surface area (TPSA) is 74.6 Å². The third-order valence-electron chi connectivity index (χ3n) is 5.90. The number of hydrogen-bond donors (Lipinski definition) is 2. The number of likely N-dealkylation sites (tertiary alicyclic amines) is 1. The number of amides is 1. The summed E-state index contributed by atoms with van der Waals surface area (Å²) in [5.74, 6) is -0.507. The molecule has 2 aliphatic rings. The Morgan fingerprint density at radius 3 is 2.74 bits per heavy atom. The molecule has 0 unspecified atom stereocenters. The fourth-order valence-corrected chi connectivity index (χ4v) is 4.25. The van der Waals surface area contributed by atoms with E-state index in [-0.39, 0.29) is 35.2 Å². The Labute approximate surface area is 156 Å². The van der Waals surface area contributed by atoms with Crippen molar-refractivity contribution in [1.82, 2.24) is 14.8 Å². The molecule has 3 heterocycles. The Bertz CT molecular complexity index is 940. The number of rotatable bonds is 3. The number of aryl methyl sites for hydroxylation is 1. The van der Waals surface area contributed by atoms with Crippen molar-refractivity contribution < 1.29 is 14.3 Å². The summed E-state index contributed by atoms with van der Waals surface area (Å²) in [5.41, 5.74) is 0.498. The van der Waals surface area contributed by atoms with Crippen LogP contribution in [0.4, 0.5) is 4.39 Å². The van der Waals surface area contributed by atoms with Crippen LogP contribution < -0.4 is 10.9 Å². The van der Waals surface area contributed by atoms with Crippen molar-refractivity contribution in [3.63, 3.8) is 0 Å². The van der Waals surface area contributed by atoms with Crippen molar-refractivity contribution in [2.75, 3.05) is 32.8 Å². The lowest BCUT2D eigenvalue weighted by Gasteiger charge is -2.25. The highest BCUT2D eigenvalue weighted by molar-refractivity contribution is 5.95. The number of benzene rings is 1. The molecule has 142 valence electrons. The summed E-state index contributed by atoms with van der Waals surface area (Å²) in [6.45, 7) is 4.15. The van der Waals surface area contributed by atoms with Gasteiger partial charge in [0.15, 0.2) is 0 Å². The molecule has 2 N–H and O–H groups in total. The zero-order chi connectivity index (χ0) is 19.2. The first kappa shape index (κ1) is 17.9. The smallest absolute Gasteiger partial charge is 0.268 e. The van der Waals surface area contributed by atoms with E-state index in [4.69, 9.17) is 0 Å². The molecule has 2 saturated heterocycles. The van der Waals surface area contributed by atoms with Gasteiger partial charge in [-0.15, -0.1) is 0 Å². The van der Waals surface area contributed by atoms with Crippen molar-refractivity contribution in [3.8, 4) is 5.69 Å². The third-order valence-corrected chi connectivity index (χ3v) is 5.90. The average molecular weight is 371 g/mol. The number of aliphatic hydroxyl groups is 1. The Kier molecular flexibility index (Phi) is 4.36. The van der Waals surface area contributed by atoms with E-state index in [9.17, 15) is 19.1 Å². The molecule has 0 bridgehead atoms. The van der Waals surface area contributed by atoms with Gasteiger partial charge < -0.3 is 15.3 Å². The molecular weight excluding hydrogens is 349 g/mol. The number of halogens is 1. The molecule has 27 heavy (non-hydrogen) atoms. The lowest BCUT2D eigenvalue weighted by molar-refractivity contribution is 0.0742. The lowest BCUT2D eigenvalue weighted by atomic mass is 9.82. The standard InChI is InChI=1S/C20H22FN3O3/c1-13-6-7-24(16-4-2-15(21)3-5-16)19(27)17(13)18(26)23-9-14-8-22-10-20(14,11-23)12-25/h2-7,14,22,25H,8-12H2,1H3/t14-,20+/m0/s1. The van der Waals surface area contributed by atoms with Crippen molar-refractivity contribution in [3.05, 3.63) is 63.8 Å². The summed E-state index contributed by atoms with van der Waals surface area (Å²) >= 11 is 0. The zero-order valence-electron chi connectivity index (χ0n) is 15.1. The predicted molar refractivity (Wildman–Crippen MR) is 98.5 cm³/mol. The van der Waals surface area contributed by atoms with E-state index in [0.717, 1.165) is 6.54 Å². The van der Waals surface area contributed by atoms with Gasteiger partial charge in [-0.3, -0.25) is 14.2 Å². The van der Waals surface area contributed by atoms with Gasteiger partial charge in [0.1, 0.15) is 11.4 Å². The van der Waals surface area contributed by atoms with Crippen LogP contribution in [0.1, 0.15) is 15.9 Å². The minimum atomic E-state index is -0.417. The number of carbonyl (C=O) groups excluding carboxylic acids is 1. The Morgan fingerprint density at radius 2 is 2.07 bits per heavy atom. The van der Waals surface area contributed by atoms with E-state index in [2.05, 4.69) is 5.32 Å². The number of fused-ring (bicyclic) bond motifs is 1. The molecule has 1 aromatic carbocycles. The second-order valence-corrected chi connectivity index (χ2v) is 7.56. The van der Waals surface area contributed by atoms with Crippen LogP contribution in [0.3, 0.4) is 0 Å². The SMILES string of the molecule is Cc1ccn(-c2ccc(F)cc2)c(=O)c1C(=O)N1C[C@@H]2CNC[C@]2(CO)C1. The predicted octanol–water partition coefficient (Wildman–Crippen LogP) is 0.939. The van der Waals surface area contributed by atoms with Gasteiger partial charge in [-0.05, 0) is 48.7 Å². The van der Waals surface area contributed by atoms with E-state index in [1.807, 2.05) is 0 Å². The summed E-state index contributed by atoms with van der Waals surface area (Å²) in [7, 11) is 0. The minimum Gasteiger partial charge on any atom is -0.396 e. The summed E-state index contributed by atoms with van der Waals surface area (Å²) < 4.78 is 14.5. The number of carbonyl (C=O) groups is 1. The lowest BCUT2D eigenvalue weighted by Crippen LogP contribution is -2.40. The maximum absolute atomic E-state index is 13.2. The Balaban J connectivity index is 1.70. The summed E-state index contributed by atoms with van der Waals surface area (Å²) in [4.78, 5) is 27.9. The van der Waals surface area contributed by atoms with Gasteiger partial charge in [0, 0.05) is 43.5 Å². The molecule has 1 aromatic heterocycles. The molecule has 0 spiro atoms. The first-order valence-corrected chi connectivity index (χ1v) is 9.04. The van der Waals surface area contributed by atoms with E-state index in [1.54, 1.807) is 24.1 Å². The van der Waals surface area contributed by atoms with Gasteiger partial charge in [-0.25, -0.2) is 4.39 Å². The van der Waals surface area contributed by atoms with Gasteiger partial charge in [0.2, 0.25) is 0 Å². The highest BCUT2D eigenvalue weighted by Crippen LogP contribution is 2.38. The van der Waals surface area contributed by atoms with Crippen molar-refractivity contribution >= 4 is 5.91 Å². The molecule has 2 aromatic rings. The van der Waals surface area contributed by atoms with Crippen LogP contribution in [0.15, 0.2) is 41.3 Å². The largest absolute Gasteiger partial charge is 0.396 e. The van der Waals surface area contributed by atoms with Gasteiger partial charge in [0.25, 0.3) is 11.5 Å². The number of nitrogens with zero attached hydrogens (tertiary/aromatic N) is 2. The number of aliphatic hydroxyl groups excluding tert-OH is 1. The molecule has 6 nitrogen and oxygen atoms in total. The van der Waals surface area contributed by atoms with Crippen LogP contribution in [0.25, 0.3) is 5.69 Å². The molecule has 4 rings (SSSR count). The molecule has 0 saturated carbocycles. The van der Waals surface area contributed by atoms with Crippen molar-refractivity contribution in [1.29, 1.82) is 0 Å². The van der Waals surface area contributed by atoms with Gasteiger partial charge in [-0.1, -0.05) is 0 Å². The quantitative estimate of drug-likeness (QED) is 0.842. The number of aromatic nitrogens is 1. The third kappa shape index (κ3) is 2.87. The van der Waals surface area contributed by atoms with Crippen molar-refractivity contribution in [2.24, 2.45) is 11.3 Å². The molecular formula is C20H22FN3O3. The molecule has 2 aliphatic heterocycles. The number of nitrogens with one attached hydrogen (secondary N) is 1. The fourth-order valence-electron chi connectivity index (χ4n) is 4.25. The van der Waals surface area contributed by atoms with E-state index >= 15 is 0 Å². The molecule has 0 aliphatic carbocycles. The molecule has 2 fully saturated rings. The monoisotopic (exact) mass is 371 g/mol. The first-order chi connectivity index (χ1) is 12.9. The van der Waals surface area contributed by atoms with Crippen LogP contribution in [0.2, 0.25) is 0 Å². The van der Waals surface area contributed by atoms with Gasteiger partial charge in [-0.2, -0.15) is 0 Å². The zero-order valence-corrected chi connectivity index (χ0v) is 15.1. The number of pyridine rings is 1. The average Bonchev–Trinajstić information content (AvgIpc) is 3.20. The summed E-state index contributed by atoms with van der Waals surface area (Å²) in [6, 6.07) is 7.30. The van der Waals surface area contributed by atoms with Crippen molar-refractivity contribution in [2.45, 2.75) is 6.92 Å². The normalized spacial score (nSPS) is 24.3. The second kappa shape index (κ2) is 6.58. The van der Waals surface area contributed by atoms with Gasteiger partial charge in [0.05, 0.1) is 6.61 Å². The molecule has 1 amide bonds.